The van der Waals surface area contributed by atoms with Gasteiger partial charge in [-0.05, 0) is 28.8 Å². The van der Waals surface area contributed by atoms with Crippen molar-refractivity contribution in [2.24, 2.45) is 5.92 Å². The van der Waals surface area contributed by atoms with Crippen LogP contribution in [0.3, 0.4) is 0 Å². The van der Waals surface area contributed by atoms with Crippen molar-refractivity contribution in [2.75, 3.05) is 6.54 Å². The van der Waals surface area contributed by atoms with Crippen molar-refractivity contribution in [2.45, 2.75) is 26.4 Å². The minimum atomic E-state index is -0.529. The largest absolute Gasteiger partial charge is 0.461 e. The van der Waals surface area contributed by atoms with Gasteiger partial charge in [0.1, 0.15) is 11.3 Å². The van der Waals surface area contributed by atoms with Crippen LogP contribution in [0.1, 0.15) is 19.6 Å². The predicted molar refractivity (Wildman–Crippen MR) is 91.3 cm³/mol. The summed E-state index contributed by atoms with van der Waals surface area (Å²) in [6.45, 7) is 4.10. The predicted octanol–water partition coefficient (Wildman–Crippen LogP) is 3.26. The average molecular weight is 311 g/mol. The highest BCUT2D eigenvalue weighted by atomic mass is 16.3. The van der Waals surface area contributed by atoms with Crippen molar-refractivity contribution in [3.05, 3.63) is 48.2 Å². The Balaban J connectivity index is 1.76. The lowest BCUT2D eigenvalue weighted by Crippen LogP contribution is -2.35. The molecule has 1 aromatic heterocycles. The molecular weight excluding hydrogens is 290 g/mol. The highest BCUT2D eigenvalue weighted by Crippen LogP contribution is 2.28. The normalized spacial score (nSPS) is 12.9. The molecule has 0 aliphatic heterocycles. The third-order valence-corrected chi connectivity index (χ3v) is 4.09. The van der Waals surface area contributed by atoms with Crippen LogP contribution in [0.25, 0.3) is 21.7 Å². The highest BCUT2D eigenvalue weighted by molar-refractivity contribution is 6.06. The molecule has 0 aliphatic rings. The summed E-state index contributed by atoms with van der Waals surface area (Å²) in [5.41, 5.74) is 0.786. The maximum atomic E-state index is 12.0. The Hall–Kier alpha value is -2.33. The van der Waals surface area contributed by atoms with E-state index in [9.17, 15) is 9.90 Å². The van der Waals surface area contributed by atoms with Gasteiger partial charge in [-0.15, -0.1) is 0 Å². The van der Waals surface area contributed by atoms with E-state index < -0.39 is 6.10 Å². The number of carbonyl (C=O) groups is 1. The summed E-state index contributed by atoms with van der Waals surface area (Å²) in [4.78, 5) is 12.0. The number of nitrogens with one attached hydrogen (secondary N) is 1. The van der Waals surface area contributed by atoms with E-state index in [4.69, 9.17) is 4.42 Å². The summed E-state index contributed by atoms with van der Waals surface area (Å²) < 4.78 is 5.78. The second-order valence-corrected chi connectivity index (χ2v) is 6.20. The number of carbonyl (C=O) groups excluding carboxylic acids is 1. The molecule has 0 aliphatic carbocycles. The van der Waals surface area contributed by atoms with E-state index in [-0.39, 0.29) is 24.8 Å². The molecule has 0 radical (unpaired) electrons. The van der Waals surface area contributed by atoms with E-state index in [2.05, 4.69) is 17.4 Å². The number of hydrogen-bond acceptors (Lipinski definition) is 3. The van der Waals surface area contributed by atoms with Crippen LogP contribution >= 0.6 is 0 Å². The van der Waals surface area contributed by atoms with Crippen LogP contribution in [-0.2, 0) is 11.2 Å². The zero-order valence-electron chi connectivity index (χ0n) is 13.4. The van der Waals surface area contributed by atoms with E-state index >= 15 is 0 Å². The Kier molecular flexibility index (Phi) is 4.35. The van der Waals surface area contributed by atoms with Gasteiger partial charge in [-0.2, -0.15) is 0 Å². The van der Waals surface area contributed by atoms with Crippen LogP contribution in [0.15, 0.2) is 46.9 Å². The number of hydrogen-bond donors (Lipinski definition) is 2. The Labute approximate surface area is 135 Å². The summed E-state index contributed by atoms with van der Waals surface area (Å²) >= 11 is 0. The van der Waals surface area contributed by atoms with Crippen LogP contribution in [0.2, 0.25) is 0 Å². The third-order valence-electron chi connectivity index (χ3n) is 4.09. The average Bonchev–Trinajstić information content (AvgIpc) is 2.95. The molecule has 3 rings (SSSR count). The van der Waals surface area contributed by atoms with Crippen molar-refractivity contribution < 1.29 is 14.3 Å². The summed E-state index contributed by atoms with van der Waals surface area (Å²) in [6.07, 6.45) is -0.355. The SMILES string of the molecule is CC(C)C(O)CNC(=O)Cc1cc2c(ccc3ccccc32)o1. The first-order valence-corrected chi connectivity index (χ1v) is 7.89. The molecule has 1 heterocycles. The monoisotopic (exact) mass is 311 g/mol. The first-order chi connectivity index (χ1) is 11.0. The quantitative estimate of drug-likeness (QED) is 0.760. The van der Waals surface area contributed by atoms with Gasteiger partial charge in [-0.1, -0.05) is 44.2 Å². The zero-order valence-corrected chi connectivity index (χ0v) is 13.4. The maximum Gasteiger partial charge on any atom is 0.227 e. The first kappa shape index (κ1) is 15.6. The van der Waals surface area contributed by atoms with Gasteiger partial charge in [-0.25, -0.2) is 0 Å². The first-order valence-electron chi connectivity index (χ1n) is 7.89. The van der Waals surface area contributed by atoms with Crippen molar-refractivity contribution in [1.29, 1.82) is 0 Å². The van der Waals surface area contributed by atoms with Crippen LogP contribution in [0, 0.1) is 5.92 Å². The smallest absolute Gasteiger partial charge is 0.227 e. The molecule has 3 aromatic rings. The van der Waals surface area contributed by atoms with Gasteiger partial charge in [0.05, 0.1) is 12.5 Å². The third kappa shape index (κ3) is 3.37. The lowest BCUT2D eigenvalue weighted by atomic mass is 10.1. The molecule has 0 fully saturated rings. The molecular formula is C19H21NO3. The molecule has 1 unspecified atom stereocenters. The molecule has 2 aromatic carbocycles. The Morgan fingerprint density at radius 1 is 1.17 bits per heavy atom. The molecule has 23 heavy (non-hydrogen) atoms. The van der Waals surface area contributed by atoms with Crippen molar-refractivity contribution >= 4 is 27.6 Å². The van der Waals surface area contributed by atoms with Crippen LogP contribution in [0.4, 0.5) is 0 Å². The molecule has 0 spiro atoms. The van der Waals surface area contributed by atoms with Gasteiger partial charge in [0.2, 0.25) is 5.91 Å². The van der Waals surface area contributed by atoms with Gasteiger partial charge < -0.3 is 14.8 Å². The van der Waals surface area contributed by atoms with Crippen molar-refractivity contribution in [3.63, 3.8) is 0 Å². The topological polar surface area (TPSA) is 62.5 Å². The summed E-state index contributed by atoms with van der Waals surface area (Å²) in [5, 5.41) is 15.8. The van der Waals surface area contributed by atoms with Crippen LogP contribution in [-0.4, -0.2) is 23.7 Å². The van der Waals surface area contributed by atoms with E-state index in [1.165, 1.54) is 0 Å². The summed E-state index contributed by atoms with van der Waals surface area (Å²) in [6, 6.07) is 14.0. The molecule has 1 atom stereocenters. The summed E-state index contributed by atoms with van der Waals surface area (Å²) in [7, 11) is 0. The molecule has 1 amide bonds. The zero-order chi connectivity index (χ0) is 16.4. The Morgan fingerprint density at radius 3 is 2.74 bits per heavy atom. The number of benzene rings is 2. The minimum Gasteiger partial charge on any atom is -0.461 e. The number of furan rings is 1. The van der Waals surface area contributed by atoms with E-state index in [1.54, 1.807) is 0 Å². The highest BCUT2D eigenvalue weighted by Gasteiger charge is 2.13. The lowest BCUT2D eigenvalue weighted by Gasteiger charge is -2.14. The number of rotatable bonds is 5. The van der Waals surface area contributed by atoms with Gasteiger partial charge in [0.15, 0.2) is 0 Å². The lowest BCUT2D eigenvalue weighted by molar-refractivity contribution is -0.121. The molecule has 0 saturated heterocycles. The fourth-order valence-corrected chi connectivity index (χ4v) is 2.61. The minimum absolute atomic E-state index is 0.118. The Morgan fingerprint density at radius 2 is 1.96 bits per heavy atom. The standard InChI is InChI=1S/C19H21NO3/c1-12(2)17(21)11-20-19(22)10-14-9-16-15-6-4-3-5-13(15)7-8-18(16)23-14/h3-9,12,17,21H,10-11H2,1-2H3,(H,20,22). The summed E-state index contributed by atoms with van der Waals surface area (Å²) in [5.74, 6) is 0.605. The van der Waals surface area contributed by atoms with Gasteiger partial charge in [-0.3, -0.25) is 4.79 Å². The molecule has 0 saturated carbocycles. The van der Waals surface area contributed by atoms with Gasteiger partial charge >= 0.3 is 0 Å². The van der Waals surface area contributed by atoms with Crippen LogP contribution in [0.5, 0.6) is 0 Å². The molecule has 120 valence electrons. The Bertz CT molecular complexity index is 835. The van der Waals surface area contributed by atoms with Crippen LogP contribution < -0.4 is 5.32 Å². The maximum absolute atomic E-state index is 12.0. The van der Waals surface area contributed by atoms with Crippen molar-refractivity contribution in [3.8, 4) is 0 Å². The van der Waals surface area contributed by atoms with Crippen molar-refractivity contribution in [1.82, 2.24) is 5.32 Å². The fourth-order valence-electron chi connectivity index (χ4n) is 2.61. The van der Waals surface area contributed by atoms with E-state index in [0.29, 0.717) is 5.76 Å². The second kappa shape index (κ2) is 6.42. The number of aliphatic hydroxyl groups is 1. The number of aliphatic hydroxyl groups excluding tert-OH is 1. The van der Waals surface area contributed by atoms with E-state index in [1.807, 2.05) is 44.2 Å². The molecule has 0 bridgehead atoms. The molecule has 4 nitrogen and oxygen atoms in total. The second-order valence-electron chi connectivity index (χ2n) is 6.20. The number of amides is 1. The molecule has 2 N–H and O–H groups in total. The van der Waals surface area contributed by atoms with Gasteiger partial charge in [0.25, 0.3) is 0 Å². The number of fused-ring (bicyclic) bond motifs is 3. The molecule has 4 heteroatoms. The fraction of sp³-hybridized carbons (Fsp3) is 0.316. The van der Waals surface area contributed by atoms with Gasteiger partial charge in [0, 0.05) is 11.9 Å². The van der Waals surface area contributed by atoms with E-state index in [0.717, 1.165) is 21.7 Å².